The van der Waals surface area contributed by atoms with Crippen molar-refractivity contribution < 1.29 is 4.79 Å². The SMILES string of the molecule is CCc1cc2c(=O)n(CC(=O)Nc3cccc(Cn4cncn4)c3)cnc2s1. The molecule has 142 valence electrons. The number of benzene rings is 1. The summed E-state index contributed by atoms with van der Waals surface area (Å²) in [5.41, 5.74) is 1.44. The molecule has 0 fully saturated rings. The lowest BCUT2D eigenvalue weighted by Gasteiger charge is -2.09. The molecular formula is C19H18N6O2S. The highest BCUT2D eigenvalue weighted by Gasteiger charge is 2.11. The molecule has 9 heteroatoms. The predicted octanol–water partition coefficient (Wildman–Crippen LogP) is 2.30. The fourth-order valence-corrected chi connectivity index (χ4v) is 3.83. The summed E-state index contributed by atoms with van der Waals surface area (Å²) >= 11 is 1.51. The summed E-state index contributed by atoms with van der Waals surface area (Å²) in [6.45, 7) is 2.50. The highest BCUT2D eigenvalue weighted by molar-refractivity contribution is 7.18. The number of hydrogen-bond donors (Lipinski definition) is 1. The van der Waals surface area contributed by atoms with Gasteiger partial charge in [0, 0.05) is 10.6 Å². The van der Waals surface area contributed by atoms with Gasteiger partial charge in [-0.2, -0.15) is 5.10 Å². The van der Waals surface area contributed by atoms with Gasteiger partial charge < -0.3 is 5.32 Å². The summed E-state index contributed by atoms with van der Waals surface area (Å²) in [6, 6.07) is 9.34. The number of anilines is 1. The number of rotatable bonds is 6. The van der Waals surface area contributed by atoms with E-state index >= 15 is 0 Å². The summed E-state index contributed by atoms with van der Waals surface area (Å²) in [6.07, 6.45) is 5.40. The Hall–Kier alpha value is -3.33. The van der Waals surface area contributed by atoms with Gasteiger partial charge in [-0.15, -0.1) is 11.3 Å². The number of aromatic nitrogens is 5. The Morgan fingerprint density at radius 1 is 1.25 bits per heavy atom. The smallest absolute Gasteiger partial charge is 0.262 e. The van der Waals surface area contributed by atoms with Gasteiger partial charge in [0.2, 0.25) is 5.91 Å². The molecule has 3 aromatic heterocycles. The average molecular weight is 394 g/mol. The zero-order valence-electron chi connectivity index (χ0n) is 15.2. The van der Waals surface area contributed by atoms with Crippen LogP contribution in [0.15, 0.2) is 54.1 Å². The van der Waals surface area contributed by atoms with Crippen LogP contribution in [0.3, 0.4) is 0 Å². The van der Waals surface area contributed by atoms with Crippen LogP contribution in [0.5, 0.6) is 0 Å². The molecule has 1 N–H and O–H groups in total. The Morgan fingerprint density at radius 2 is 2.14 bits per heavy atom. The van der Waals surface area contributed by atoms with Crippen LogP contribution < -0.4 is 10.9 Å². The Bertz CT molecular complexity index is 1180. The van der Waals surface area contributed by atoms with Gasteiger partial charge >= 0.3 is 0 Å². The van der Waals surface area contributed by atoms with Crippen molar-refractivity contribution in [1.29, 1.82) is 0 Å². The lowest BCUT2D eigenvalue weighted by Crippen LogP contribution is -2.27. The molecule has 0 spiro atoms. The summed E-state index contributed by atoms with van der Waals surface area (Å²) in [7, 11) is 0. The quantitative estimate of drug-likeness (QED) is 0.541. The van der Waals surface area contributed by atoms with Gasteiger partial charge in [-0.25, -0.2) is 14.6 Å². The minimum absolute atomic E-state index is 0.0909. The van der Waals surface area contributed by atoms with Gasteiger partial charge in [0.05, 0.1) is 18.3 Å². The van der Waals surface area contributed by atoms with Crippen LogP contribution in [0, 0.1) is 0 Å². The van der Waals surface area contributed by atoms with Crippen molar-refractivity contribution in [3.05, 3.63) is 70.1 Å². The molecule has 1 amide bonds. The number of hydrogen-bond acceptors (Lipinski definition) is 6. The zero-order chi connectivity index (χ0) is 19.5. The number of carbonyl (C=O) groups is 1. The highest BCUT2D eigenvalue weighted by atomic mass is 32.1. The number of aryl methyl sites for hydroxylation is 1. The number of fused-ring (bicyclic) bond motifs is 1. The topological polar surface area (TPSA) is 94.7 Å². The molecule has 0 radical (unpaired) electrons. The summed E-state index contributed by atoms with van der Waals surface area (Å²) in [4.78, 5) is 35.1. The second-order valence-electron chi connectivity index (χ2n) is 6.30. The van der Waals surface area contributed by atoms with E-state index < -0.39 is 0 Å². The van der Waals surface area contributed by atoms with Gasteiger partial charge in [-0.1, -0.05) is 19.1 Å². The molecule has 8 nitrogen and oxygen atoms in total. The van der Waals surface area contributed by atoms with Gasteiger partial charge in [-0.3, -0.25) is 14.2 Å². The zero-order valence-corrected chi connectivity index (χ0v) is 16.0. The van der Waals surface area contributed by atoms with Gasteiger partial charge in [0.15, 0.2) is 0 Å². The lowest BCUT2D eigenvalue weighted by molar-refractivity contribution is -0.116. The van der Waals surface area contributed by atoms with Gasteiger partial charge in [0.1, 0.15) is 24.0 Å². The van der Waals surface area contributed by atoms with E-state index in [1.165, 1.54) is 28.6 Å². The average Bonchev–Trinajstić information content (AvgIpc) is 3.34. The van der Waals surface area contributed by atoms with E-state index in [0.29, 0.717) is 22.4 Å². The predicted molar refractivity (Wildman–Crippen MR) is 107 cm³/mol. The summed E-state index contributed by atoms with van der Waals surface area (Å²) < 4.78 is 3.04. The van der Waals surface area contributed by atoms with Crippen LogP contribution in [0.4, 0.5) is 5.69 Å². The van der Waals surface area contributed by atoms with E-state index in [1.54, 1.807) is 17.1 Å². The van der Waals surface area contributed by atoms with E-state index in [9.17, 15) is 9.59 Å². The minimum atomic E-state index is -0.285. The number of carbonyl (C=O) groups excluding carboxylic acids is 1. The molecule has 28 heavy (non-hydrogen) atoms. The molecule has 0 saturated carbocycles. The molecule has 0 aliphatic rings. The molecule has 3 heterocycles. The number of nitrogens with one attached hydrogen (secondary N) is 1. The second-order valence-corrected chi connectivity index (χ2v) is 7.42. The highest BCUT2D eigenvalue weighted by Crippen LogP contribution is 2.21. The van der Waals surface area contributed by atoms with E-state index in [0.717, 1.165) is 16.9 Å². The summed E-state index contributed by atoms with van der Waals surface area (Å²) in [5.74, 6) is -0.285. The maximum absolute atomic E-state index is 12.6. The molecule has 0 unspecified atom stereocenters. The number of thiophene rings is 1. The normalized spacial score (nSPS) is 11.0. The molecule has 0 atom stereocenters. The van der Waals surface area contributed by atoms with Crippen molar-refractivity contribution in [3.8, 4) is 0 Å². The number of amides is 1. The maximum Gasteiger partial charge on any atom is 0.262 e. The molecule has 0 saturated heterocycles. The van der Waals surface area contributed by atoms with Crippen molar-refractivity contribution in [3.63, 3.8) is 0 Å². The maximum atomic E-state index is 12.6. The molecule has 0 aliphatic heterocycles. The first kappa shape index (κ1) is 18.1. The Balaban J connectivity index is 1.48. The van der Waals surface area contributed by atoms with Crippen molar-refractivity contribution in [1.82, 2.24) is 24.3 Å². The first-order chi connectivity index (χ1) is 13.6. The number of nitrogens with zero attached hydrogens (tertiary/aromatic N) is 5. The Labute approximate surface area is 164 Å². The van der Waals surface area contributed by atoms with E-state index in [2.05, 4.69) is 20.4 Å². The Morgan fingerprint density at radius 3 is 2.93 bits per heavy atom. The van der Waals surface area contributed by atoms with Crippen LogP contribution in [0.25, 0.3) is 10.2 Å². The largest absolute Gasteiger partial charge is 0.325 e. The standard InChI is InChI=1S/C19H18N6O2S/c1-2-15-7-16-18(28-15)21-12-24(19(16)27)9-17(26)23-14-5-3-4-13(6-14)8-25-11-20-10-22-25/h3-7,10-12H,2,8-9H2,1H3,(H,23,26). The van der Waals surface area contributed by atoms with Crippen LogP contribution >= 0.6 is 11.3 Å². The minimum Gasteiger partial charge on any atom is -0.325 e. The van der Waals surface area contributed by atoms with Gasteiger partial charge in [0.25, 0.3) is 5.56 Å². The van der Waals surface area contributed by atoms with Crippen LogP contribution in [0.1, 0.15) is 17.4 Å². The van der Waals surface area contributed by atoms with Crippen LogP contribution in [0.2, 0.25) is 0 Å². The third kappa shape index (κ3) is 3.84. The fourth-order valence-electron chi connectivity index (χ4n) is 2.90. The summed E-state index contributed by atoms with van der Waals surface area (Å²) in [5, 5.41) is 7.47. The third-order valence-corrected chi connectivity index (χ3v) is 5.44. The van der Waals surface area contributed by atoms with Crippen LogP contribution in [-0.2, 0) is 24.3 Å². The van der Waals surface area contributed by atoms with Crippen molar-refractivity contribution in [2.24, 2.45) is 0 Å². The van der Waals surface area contributed by atoms with E-state index in [1.807, 2.05) is 31.2 Å². The van der Waals surface area contributed by atoms with Crippen molar-refractivity contribution in [2.45, 2.75) is 26.4 Å². The van der Waals surface area contributed by atoms with Crippen molar-refractivity contribution >= 4 is 33.1 Å². The molecule has 0 aliphatic carbocycles. The van der Waals surface area contributed by atoms with Crippen molar-refractivity contribution in [2.75, 3.05) is 5.32 Å². The molecule has 1 aromatic carbocycles. The van der Waals surface area contributed by atoms with Crippen LogP contribution in [-0.4, -0.2) is 30.2 Å². The molecule has 4 rings (SSSR count). The second kappa shape index (κ2) is 7.73. The molecule has 0 bridgehead atoms. The monoisotopic (exact) mass is 394 g/mol. The molecular weight excluding hydrogens is 376 g/mol. The fraction of sp³-hybridized carbons (Fsp3) is 0.211. The molecule has 4 aromatic rings. The first-order valence-corrected chi connectivity index (χ1v) is 9.63. The van der Waals surface area contributed by atoms with E-state index in [-0.39, 0.29) is 18.0 Å². The van der Waals surface area contributed by atoms with Gasteiger partial charge in [-0.05, 0) is 30.2 Å². The Kier molecular flexibility index (Phi) is 4.98. The first-order valence-electron chi connectivity index (χ1n) is 8.81. The lowest BCUT2D eigenvalue weighted by atomic mass is 10.2. The third-order valence-electron chi connectivity index (χ3n) is 4.25. The van der Waals surface area contributed by atoms with E-state index in [4.69, 9.17) is 0 Å².